The molecule has 0 spiro atoms. The van der Waals surface area contributed by atoms with E-state index in [1.165, 1.54) is 5.56 Å². The summed E-state index contributed by atoms with van der Waals surface area (Å²) < 4.78 is 0. The Kier molecular flexibility index (Phi) is 3.28. The predicted octanol–water partition coefficient (Wildman–Crippen LogP) is 2.95. The van der Waals surface area contributed by atoms with Crippen LogP contribution in [0.5, 0.6) is 0 Å². The van der Waals surface area contributed by atoms with Crippen molar-refractivity contribution in [2.75, 3.05) is 0 Å². The number of hydrogen-bond acceptors (Lipinski definition) is 1. The van der Waals surface area contributed by atoms with Crippen LogP contribution >= 0.6 is 0 Å². The highest BCUT2D eigenvalue weighted by molar-refractivity contribution is 5.88. The maximum Gasteiger partial charge on any atom is 0.335 e. The highest BCUT2D eigenvalue weighted by atomic mass is 16.4. The lowest BCUT2D eigenvalue weighted by Crippen LogP contribution is -2.01. The van der Waals surface area contributed by atoms with Crippen LogP contribution in [0.1, 0.15) is 40.4 Å². The molecular weight excluding hydrogens is 176 g/mol. The van der Waals surface area contributed by atoms with Crippen LogP contribution < -0.4 is 0 Å². The Hall–Kier alpha value is -1.31. The van der Waals surface area contributed by atoms with E-state index in [2.05, 4.69) is 6.92 Å². The Morgan fingerprint density at radius 1 is 1.29 bits per heavy atom. The second-order valence-electron chi connectivity index (χ2n) is 3.64. The zero-order valence-electron chi connectivity index (χ0n) is 8.92. The molecule has 2 nitrogen and oxygen atoms in total. The van der Waals surface area contributed by atoms with E-state index >= 15 is 0 Å². The lowest BCUT2D eigenvalue weighted by molar-refractivity contribution is 0.0696. The van der Waals surface area contributed by atoms with Crippen LogP contribution in [0.4, 0.5) is 0 Å². The lowest BCUT2D eigenvalue weighted by atomic mass is 9.96. The quantitative estimate of drug-likeness (QED) is 0.799. The zero-order valence-corrected chi connectivity index (χ0v) is 8.92. The van der Waals surface area contributed by atoms with E-state index in [1.807, 2.05) is 13.8 Å². The molecule has 2 heteroatoms. The first-order chi connectivity index (χ1) is 6.56. The maximum atomic E-state index is 10.8. The first-order valence-corrected chi connectivity index (χ1v) is 4.89. The monoisotopic (exact) mass is 192 g/mol. The minimum Gasteiger partial charge on any atom is -0.478 e. The smallest absolute Gasteiger partial charge is 0.335 e. The molecule has 0 aliphatic rings. The van der Waals surface area contributed by atoms with E-state index in [4.69, 9.17) is 5.11 Å². The Balaban J connectivity index is 3.18. The van der Waals surface area contributed by atoms with Gasteiger partial charge in [0.1, 0.15) is 0 Å². The molecule has 0 atom stereocenters. The summed E-state index contributed by atoms with van der Waals surface area (Å²) in [5, 5.41) is 8.85. The summed E-state index contributed by atoms with van der Waals surface area (Å²) in [6.45, 7) is 6.08. The average Bonchev–Trinajstić information content (AvgIpc) is 2.10. The van der Waals surface area contributed by atoms with Crippen LogP contribution in [-0.2, 0) is 6.42 Å². The standard InChI is InChI=1S/C12H16O2/c1-4-5-11-8(2)6-10(12(13)14)7-9(11)3/h6-7H,4-5H2,1-3H3,(H,13,14). The SMILES string of the molecule is CCCc1c(C)cc(C(=O)O)cc1C. The van der Waals surface area contributed by atoms with Gasteiger partial charge in [-0.2, -0.15) is 0 Å². The van der Waals surface area contributed by atoms with Gasteiger partial charge in [-0.3, -0.25) is 0 Å². The first-order valence-electron chi connectivity index (χ1n) is 4.89. The molecule has 0 heterocycles. The summed E-state index contributed by atoms with van der Waals surface area (Å²) in [5.41, 5.74) is 3.85. The van der Waals surface area contributed by atoms with Crippen LogP contribution in [0, 0.1) is 13.8 Å². The van der Waals surface area contributed by atoms with Crippen LogP contribution in [-0.4, -0.2) is 11.1 Å². The third kappa shape index (κ3) is 2.13. The topological polar surface area (TPSA) is 37.3 Å². The molecule has 14 heavy (non-hydrogen) atoms. The van der Waals surface area contributed by atoms with Gasteiger partial charge in [0, 0.05) is 0 Å². The molecule has 1 N–H and O–H groups in total. The van der Waals surface area contributed by atoms with E-state index in [0.717, 1.165) is 24.0 Å². The molecule has 0 unspecified atom stereocenters. The molecule has 0 fully saturated rings. The van der Waals surface area contributed by atoms with Crippen molar-refractivity contribution in [3.8, 4) is 0 Å². The summed E-state index contributed by atoms with van der Waals surface area (Å²) in [4.78, 5) is 10.8. The summed E-state index contributed by atoms with van der Waals surface area (Å²) >= 11 is 0. The summed E-state index contributed by atoms with van der Waals surface area (Å²) in [7, 11) is 0. The van der Waals surface area contributed by atoms with Crippen molar-refractivity contribution in [3.05, 3.63) is 34.4 Å². The van der Waals surface area contributed by atoms with E-state index in [9.17, 15) is 4.79 Å². The number of carboxylic acids is 1. The number of carboxylic acid groups (broad SMARTS) is 1. The predicted molar refractivity (Wildman–Crippen MR) is 56.9 cm³/mol. The highest BCUT2D eigenvalue weighted by Gasteiger charge is 2.08. The fourth-order valence-corrected chi connectivity index (χ4v) is 1.76. The van der Waals surface area contributed by atoms with Crippen LogP contribution in [0.25, 0.3) is 0 Å². The maximum absolute atomic E-state index is 10.8. The molecule has 76 valence electrons. The molecule has 0 saturated heterocycles. The molecule has 0 radical (unpaired) electrons. The molecule has 1 aromatic rings. The normalized spacial score (nSPS) is 10.2. The van der Waals surface area contributed by atoms with E-state index in [0.29, 0.717) is 5.56 Å². The van der Waals surface area contributed by atoms with Gasteiger partial charge < -0.3 is 5.11 Å². The molecule has 0 aliphatic carbocycles. The molecule has 0 aromatic heterocycles. The van der Waals surface area contributed by atoms with Crippen LogP contribution in [0.3, 0.4) is 0 Å². The number of carbonyl (C=O) groups is 1. The molecule has 0 amide bonds. The number of rotatable bonds is 3. The highest BCUT2D eigenvalue weighted by Crippen LogP contribution is 2.18. The van der Waals surface area contributed by atoms with Crippen molar-refractivity contribution in [1.82, 2.24) is 0 Å². The minimum atomic E-state index is -0.848. The van der Waals surface area contributed by atoms with Gasteiger partial charge in [-0.15, -0.1) is 0 Å². The van der Waals surface area contributed by atoms with Crippen molar-refractivity contribution in [3.63, 3.8) is 0 Å². The Bertz CT molecular complexity index is 330. The minimum absolute atomic E-state index is 0.389. The van der Waals surface area contributed by atoms with Gasteiger partial charge in [-0.25, -0.2) is 4.79 Å². The second kappa shape index (κ2) is 4.27. The summed E-state index contributed by atoms with van der Waals surface area (Å²) in [6.07, 6.45) is 2.12. The van der Waals surface area contributed by atoms with Gasteiger partial charge >= 0.3 is 5.97 Å². The van der Waals surface area contributed by atoms with Crippen molar-refractivity contribution < 1.29 is 9.90 Å². The lowest BCUT2D eigenvalue weighted by Gasteiger charge is -2.09. The molecule has 0 bridgehead atoms. The van der Waals surface area contributed by atoms with Gasteiger partial charge in [-0.05, 0) is 49.1 Å². The molecule has 0 aliphatic heterocycles. The number of benzene rings is 1. The third-order valence-electron chi connectivity index (χ3n) is 2.44. The van der Waals surface area contributed by atoms with E-state index in [1.54, 1.807) is 12.1 Å². The van der Waals surface area contributed by atoms with E-state index < -0.39 is 5.97 Å². The van der Waals surface area contributed by atoms with Gasteiger partial charge in [-0.1, -0.05) is 13.3 Å². The Morgan fingerprint density at radius 3 is 2.14 bits per heavy atom. The Morgan fingerprint density at radius 2 is 1.79 bits per heavy atom. The molecule has 0 saturated carbocycles. The number of hydrogen-bond donors (Lipinski definition) is 1. The number of aryl methyl sites for hydroxylation is 2. The fraction of sp³-hybridized carbons (Fsp3) is 0.417. The zero-order chi connectivity index (χ0) is 10.7. The van der Waals surface area contributed by atoms with Crippen molar-refractivity contribution in [2.24, 2.45) is 0 Å². The van der Waals surface area contributed by atoms with Crippen molar-refractivity contribution in [1.29, 1.82) is 0 Å². The number of aromatic carboxylic acids is 1. The average molecular weight is 192 g/mol. The van der Waals surface area contributed by atoms with Gasteiger partial charge in [0.15, 0.2) is 0 Å². The molecule has 1 rings (SSSR count). The third-order valence-corrected chi connectivity index (χ3v) is 2.44. The van der Waals surface area contributed by atoms with E-state index in [-0.39, 0.29) is 0 Å². The second-order valence-corrected chi connectivity index (χ2v) is 3.64. The van der Waals surface area contributed by atoms with Gasteiger partial charge in [0.25, 0.3) is 0 Å². The fourth-order valence-electron chi connectivity index (χ4n) is 1.76. The molecular formula is C12H16O2. The van der Waals surface area contributed by atoms with Gasteiger partial charge in [0.05, 0.1) is 5.56 Å². The van der Waals surface area contributed by atoms with Gasteiger partial charge in [0.2, 0.25) is 0 Å². The van der Waals surface area contributed by atoms with Crippen LogP contribution in [0.2, 0.25) is 0 Å². The van der Waals surface area contributed by atoms with Crippen molar-refractivity contribution >= 4 is 5.97 Å². The first kappa shape index (κ1) is 10.8. The summed E-state index contributed by atoms with van der Waals surface area (Å²) in [6, 6.07) is 3.50. The van der Waals surface area contributed by atoms with Crippen LogP contribution in [0.15, 0.2) is 12.1 Å². The largest absolute Gasteiger partial charge is 0.478 e. The van der Waals surface area contributed by atoms with Crippen molar-refractivity contribution in [2.45, 2.75) is 33.6 Å². The summed E-state index contributed by atoms with van der Waals surface area (Å²) in [5.74, 6) is -0.848. The Labute approximate surface area is 84.6 Å². The molecule has 1 aromatic carbocycles.